The molecule has 1 aromatic rings. The van der Waals surface area contributed by atoms with Crippen molar-refractivity contribution in [1.82, 2.24) is 15.1 Å². The quantitative estimate of drug-likeness (QED) is 0.828. The van der Waals surface area contributed by atoms with E-state index in [-0.39, 0.29) is 0 Å². The van der Waals surface area contributed by atoms with Gasteiger partial charge in [-0.3, -0.25) is 4.68 Å². The molecule has 0 radical (unpaired) electrons. The molecule has 0 aliphatic heterocycles. The lowest BCUT2D eigenvalue weighted by molar-refractivity contribution is 0.156. The van der Waals surface area contributed by atoms with Crippen LogP contribution in [0, 0.1) is 12.3 Å². The summed E-state index contributed by atoms with van der Waals surface area (Å²) in [5, 5.41) is 8.03. The maximum atomic E-state index is 4.46. The molecule has 1 saturated carbocycles. The zero-order valence-corrected chi connectivity index (χ0v) is 10.7. The monoisotopic (exact) mass is 221 g/mol. The van der Waals surface area contributed by atoms with E-state index in [2.05, 4.69) is 41.9 Å². The van der Waals surface area contributed by atoms with Gasteiger partial charge in [0, 0.05) is 19.6 Å². The highest BCUT2D eigenvalue weighted by atomic mass is 15.3. The van der Waals surface area contributed by atoms with Gasteiger partial charge >= 0.3 is 0 Å². The van der Waals surface area contributed by atoms with Gasteiger partial charge < -0.3 is 5.32 Å². The summed E-state index contributed by atoms with van der Waals surface area (Å²) in [7, 11) is 0. The van der Waals surface area contributed by atoms with Crippen molar-refractivity contribution in [2.75, 3.05) is 6.54 Å². The SMILES string of the molecule is CCn1nc(C)cc1CNCC1(C)CCC1. The zero-order valence-electron chi connectivity index (χ0n) is 10.7. The maximum Gasteiger partial charge on any atom is 0.0597 e. The summed E-state index contributed by atoms with van der Waals surface area (Å²) in [5.74, 6) is 0. The maximum absolute atomic E-state index is 4.46. The van der Waals surface area contributed by atoms with E-state index in [4.69, 9.17) is 0 Å². The summed E-state index contributed by atoms with van der Waals surface area (Å²) >= 11 is 0. The molecule has 1 fully saturated rings. The van der Waals surface area contributed by atoms with Crippen LogP contribution >= 0.6 is 0 Å². The van der Waals surface area contributed by atoms with Crippen molar-refractivity contribution in [3.8, 4) is 0 Å². The van der Waals surface area contributed by atoms with Crippen LogP contribution < -0.4 is 5.32 Å². The van der Waals surface area contributed by atoms with Crippen molar-refractivity contribution in [2.45, 2.75) is 53.1 Å². The van der Waals surface area contributed by atoms with Gasteiger partial charge in [0.1, 0.15) is 0 Å². The fourth-order valence-corrected chi connectivity index (χ4v) is 2.46. The van der Waals surface area contributed by atoms with Crippen molar-refractivity contribution < 1.29 is 0 Å². The normalized spacial score (nSPS) is 18.4. The fourth-order valence-electron chi connectivity index (χ4n) is 2.46. The summed E-state index contributed by atoms with van der Waals surface area (Å²) in [4.78, 5) is 0. The van der Waals surface area contributed by atoms with Crippen LogP contribution in [0.1, 0.15) is 44.5 Å². The minimum Gasteiger partial charge on any atom is -0.311 e. The van der Waals surface area contributed by atoms with Gasteiger partial charge in [-0.1, -0.05) is 13.3 Å². The molecule has 1 heterocycles. The molecule has 16 heavy (non-hydrogen) atoms. The molecule has 1 aromatic heterocycles. The molecule has 0 saturated heterocycles. The Kier molecular flexibility index (Phi) is 3.33. The highest BCUT2D eigenvalue weighted by Gasteiger charge is 2.30. The Balaban J connectivity index is 1.84. The lowest BCUT2D eigenvalue weighted by Crippen LogP contribution is -2.37. The molecule has 3 heteroatoms. The van der Waals surface area contributed by atoms with Crippen LogP contribution in [0.2, 0.25) is 0 Å². The second kappa shape index (κ2) is 4.58. The Hall–Kier alpha value is -0.830. The van der Waals surface area contributed by atoms with E-state index in [1.165, 1.54) is 25.0 Å². The molecule has 0 amide bonds. The third kappa shape index (κ3) is 2.46. The van der Waals surface area contributed by atoms with Crippen LogP contribution in [-0.2, 0) is 13.1 Å². The van der Waals surface area contributed by atoms with Crippen LogP contribution in [-0.4, -0.2) is 16.3 Å². The van der Waals surface area contributed by atoms with Gasteiger partial charge in [0.05, 0.1) is 11.4 Å². The minimum atomic E-state index is 0.562. The Morgan fingerprint density at radius 1 is 1.50 bits per heavy atom. The molecular weight excluding hydrogens is 198 g/mol. The molecule has 0 atom stereocenters. The summed E-state index contributed by atoms with van der Waals surface area (Å²) in [6.45, 7) is 9.63. The highest BCUT2D eigenvalue weighted by molar-refractivity contribution is 5.08. The Morgan fingerprint density at radius 3 is 2.81 bits per heavy atom. The average molecular weight is 221 g/mol. The van der Waals surface area contributed by atoms with Crippen molar-refractivity contribution in [2.24, 2.45) is 5.41 Å². The van der Waals surface area contributed by atoms with E-state index < -0.39 is 0 Å². The van der Waals surface area contributed by atoms with Gasteiger partial charge in [-0.25, -0.2) is 0 Å². The Bertz CT molecular complexity index is 350. The smallest absolute Gasteiger partial charge is 0.0597 e. The van der Waals surface area contributed by atoms with Crippen molar-refractivity contribution in [3.63, 3.8) is 0 Å². The first-order valence-electron chi connectivity index (χ1n) is 6.37. The number of rotatable bonds is 5. The van der Waals surface area contributed by atoms with E-state index in [0.29, 0.717) is 5.41 Å². The molecule has 90 valence electrons. The van der Waals surface area contributed by atoms with Gasteiger partial charge in [0.25, 0.3) is 0 Å². The minimum absolute atomic E-state index is 0.562. The van der Waals surface area contributed by atoms with Gasteiger partial charge in [-0.2, -0.15) is 5.10 Å². The number of hydrogen-bond donors (Lipinski definition) is 1. The fraction of sp³-hybridized carbons (Fsp3) is 0.769. The van der Waals surface area contributed by atoms with Gasteiger partial charge in [-0.15, -0.1) is 0 Å². The van der Waals surface area contributed by atoms with E-state index in [9.17, 15) is 0 Å². The second-order valence-electron chi connectivity index (χ2n) is 5.36. The first-order chi connectivity index (χ1) is 7.63. The van der Waals surface area contributed by atoms with Crippen molar-refractivity contribution in [1.29, 1.82) is 0 Å². The van der Waals surface area contributed by atoms with E-state index >= 15 is 0 Å². The molecular formula is C13H23N3. The molecule has 2 rings (SSSR count). The third-order valence-electron chi connectivity index (χ3n) is 3.70. The van der Waals surface area contributed by atoms with Gasteiger partial charge in [0.2, 0.25) is 0 Å². The summed E-state index contributed by atoms with van der Waals surface area (Å²) in [6, 6.07) is 2.18. The number of aryl methyl sites for hydroxylation is 2. The molecule has 0 bridgehead atoms. The standard InChI is InChI=1S/C13H23N3/c1-4-16-12(8-11(2)15-16)9-14-10-13(3)6-5-7-13/h8,14H,4-7,9-10H2,1-3H3. The first kappa shape index (κ1) is 11.6. The van der Waals surface area contributed by atoms with E-state index in [1.54, 1.807) is 0 Å². The van der Waals surface area contributed by atoms with Gasteiger partial charge in [-0.05, 0) is 38.2 Å². The second-order valence-corrected chi connectivity index (χ2v) is 5.36. The number of hydrogen-bond acceptors (Lipinski definition) is 2. The average Bonchev–Trinajstić information content (AvgIpc) is 2.56. The molecule has 0 unspecified atom stereocenters. The van der Waals surface area contributed by atoms with Crippen LogP contribution in [0.4, 0.5) is 0 Å². The lowest BCUT2D eigenvalue weighted by Gasteiger charge is -2.38. The topological polar surface area (TPSA) is 29.9 Å². The molecule has 1 aliphatic rings. The van der Waals surface area contributed by atoms with Crippen LogP contribution in [0.25, 0.3) is 0 Å². The molecule has 1 aliphatic carbocycles. The molecule has 3 nitrogen and oxygen atoms in total. The molecule has 1 N–H and O–H groups in total. The summed E-state index contributed by atoms with van der Waals surface area (Å²) in [6.07, 6.45) is 4.17. The van der Waals surface area contributed by atoms with Crippen LogP contribution in [0.5, 0.6) is 0 Å². The number of nitrogens with zero attached hydrogens (tertiary/aromatic N) is 2. The van der Waals surface area contributed by atoms with E-state index in [1.807, 2.05) is 0 Å². The van der Waals surface area contributed by atoms with Crippen LogP contribution in [0.3, 0.4) is 0 Å². The Labute approximate surface area is 98.2 Å². The number of nitrogens with one attached hydrogen (secondary N) is 1. The zero-order chi connectivity index (χ0) is 11.6. The van der Waals surface area contributed by atoms with Crippen molar-refractivity contribution >= 4 is 0 Å². The lowest BCUT2D eigenvalue weighted by atomic mass is 9.70. The Morgan fingerprint density at radius 2 is 2.25 bits per heavy atom. The largest absolute Gasteiger partial charge is 0.311 e. The van der Waals surface area contributed by atoms with Gasteiger partial charge in [0.15, 0.2) is 0 Å². The van der Waals surface area contributed by atoms with E-state index in [0.717, 1.165) is 25.3 Å². The molecule has 0 spiro atoms. The van der Waals surface area contributed by atoms with Crippen LogP contribution in [0.15, 0.2) is 6.07 Å². The summed E-state index contributed by atoms with van der Waals surface area (Å²) < 4.78 is 2.09. The highest BCUT2D eigenvalue weighted by Crippen LogP contribution is 2.39. The van der Waals surface area contributed by atoms with Crippen molar-refractivity contribution in [3.05, 3.63) is 17.5 Å². The number of aromatic nitrogens is 2. The molecule has 0 aromatic carbocycles. The summed E-state index contributed by atoms with van der Waals surface area (Å²) in [5.41, 5.74) is 2.99. The predicted molar refractivity (Wildman–Crippen MR) is 66.3 cm³/mol. The first-order valence-corrected chi connectivity index (χ1v) is 6.37. The predicted octanol–water partition coefficient (Wildman–Crippen LogP) is 2.49. The third-order valence-corrected chi connectivity index (χ3v) is 3.70.